The van der Waals surface area contributed by atoms with E-state index in [0.717, 1.165) is 6.42 Å². The number of likely N-dealkylation sites (tertiary alicyclic amines) is 1. The van der Waals surface area contributed by atoms with Crippen LogP contribution in [0.5, 0.6) is 5.75 Å². The standard InChI is InChI=1S/C15H23NO/c1-4-14(12-6-8-13(17)9-7-12)16-11-5-10-15(16,2)3/h6-9,14,17H,4-5,10-11H2,1-3H3. The Balaban J connectivity index is 2.24. The molecule has 2 rings (SSSR count). The largest absolute Gasteiger partial charge is 0.508 e. The van der Waals surface area contributed by atoms with Gasteiger partial charge in [-0.25, -0.2) is 0 Å². The second-order valence-electron chi connectivity index (χ2n) is 5.62. The van der Waals surface area contributed by atoms with Crippen molar-refractivity contribution >= 4 is 0 Å². The zero-order chi connectivity index (χ0) is 12.5. The number of rotatable bonds is 3. The minimum Gasteiger partial charge on any atom is -0.508 e. The zero-order valence-electron chi connectivity index (χ0n) is 11.1. The molecule has 1 aromatic carbocycles. The van der Waals surface area contributed by atoms with Crippen molar-refractivity contribution in [3.8, 4) is 5.75 Å². The molecule has 2 heteroatoms. The fourth-order valence-corrected chi connectivity index (χ4v) is 3.04. The predicted molar refractivity (Wildman–Crippen MR) is 71.2 cm³/mol. The van der Waals surface area contributed by atoms with Crippen LogP contribution in [0.2, 0.25) is 0 Å². The maximum absolute atomic E-state index is 9.37. The van der Waals surface area contributed by atoms with Crippen LogP contribution in [-0.2, 0) is 0 Å². The lowest BCUT2D eigenvalue weighted by atomic mass is 9.96. The number of phenolic OH excluding ortho intramolecular Hbond substituents is 1. The van der Waals surface area contributed by atoms with Gasteiger partial charge in [-0.3, -0.25) is 4.90 Å². The van der Waals surface area contributed by atoms with E-state index in [1.165, 1.54) is 24.9 Å². The van der Waals surface area contributed by atoms with Gasteiger partial charge in [-0.15, -0.1) is 0 Å². The highest BCUT2D eigenvalue weighted by Crippen LogP contribution is 2.38. The van der Waals surface area contributed by atoms with Crippen LogP contribution in [-0.4, -0.2) is 22.1 Å². The third-order valence-electron chi connectivity index (χ3n) is 4.01. The van der Waals surface area contributed by atoms with E-state index in [-0.39, 0.29) is 0 Å². The van der Waals surface area contributed by atoms with Gasteiger partial charge in [-0.2, -0.15) is 0 Å². The molecule has 0 spiro atoms. The van der Waals surface area contributed by atoms with Crippen LogP contribution >= 0.6 is 0 Å². The summed E-state index contributed by atoms with van der Waals surface area (Å²) in [4.78, 5) is 2.61. The fraction of sp³-hybridized carbons (Fsp3) is 0.600. The van der Waals surface area contributed by atoms with Gasteiger partial charge in [-0.05, 0) is 57.4 Å². The summed E-state index contributed by atoms with van der Waals surface area (Å²) in [6.45, 7) is 8.10. The van der Waals surface area contributed by atoms with Crippen LogP contribution in [0.3, 0.4) is 0 Å². The fourth-order valence-electron chi connectivity index (χ4n) is 3.04. The summed E-state index contributed by atoms with van der Waals surface area (Å²) in [7, 11) is 0. The SMILES string of the molecule is CCC(c1ccc(O)cc1)N1CCCC1(C)C. The third-order valence-corrected chi connectivity index (χ3v) is 4.01. The van der Waals surface area contributed by atoms with E-state index in [1.807, 2.05) is 0 Å². The van der Waals surface area contributed by atoms with Crippen LogP contribution in [0, 0.1) is 0 Å². The lowest BCUT2D eigenvalue weighted by Crippen LogP contribution is -2.40. The first kappa shape index (κ1) is 12.4. The highest BCUT2D eigenvalue weighted by molar-refractivity contribution is 5.28. The van der Waals surface area contributed by atoms with E-state index in [4.69, 9.17) is 0 Å². The number of phenols is 1. The molecule has 17 heavy (non-hydrogen) atoms. The molecule has 1 aliphatic heterocycles. The quantitative estimate of drug-likeness (QED) is 0.860. The van der Waals surface area contributed by atoms with Gasteiger partial charge in [0.05, 0.1) is 0 Å². The van der Waals surface area contributed by atoms with Crippen molar-refractivity contribution in [2.45, 2.75) is 51.6 Å². The molecule has 0 aromatic heterocycles. The third kappa shape index (κ3) is 2.47. The molecule has 2 nitrogen and oxygen atoms in total. The van der Waals surface area contributed by atoms with Crippen molar-refractivity contribution in [2.75, 3.05) is 6.54 Å². The molecule has 94 valence electrons. The van der Waals surface area contributed by atoms with Crippen molar-refractivity contribution in [1.29, 1.82) is 0 Å². The molecule has 0 bridgehead atoms. The Morgan fingerprint density at radius 1 is 1.29 bits per heavy atom. The van der Waals surface area contributed by atoms with Gasteiger partial charge in [0.15, 0.2) is 0 Å². The zero-order valence-corrected chi connectivity index (χ0v) is 11.1. The molecule has 1 atom stereocenters. The molecule has 1 heterocycles. The first-order chi connectivity index (χ1) is 8.04. The van der Waals surface area contributed by atoms with Crippen LogP contribution < -0.4 is 0 Å². The minimum absolute atomic E-state index is 0.304. The average molecular weight is 233 g/mol. The van der Waals surface area contributed by atoms with E-state index < -0.39 is 0 Å². The lowest BCUT2D eigenvalue weighted by molar-refractivity contribution is 0.112. The number of aromatic hydroxyl groups is 1. The second-order valence-corrected chi connectivity index (χ2v) is 5.62. The topological polar surface area (TPSA) is 23.5 Å². The average Bonchev–Trinajstić information content (AvgIpc) is 2.63. The van der Waals surface area contributed by atoms with Crippen molar-refractivity contribution in [2.24, 2.45) is 0 Å². The maximum Gasteiger partial charge on any atom is 0.115 e. The number of benzene rings is 1. The van der Waals surface area contributed by atoms with Gasteiger partial charge < -0.3 is 5.11 Å². The van der Waals surface area contributed by atoms with Crippen molar-refractivity contribution in [3.05, 3.63) is 29.8 Å². The molecule has 0 radical (unpaired) electrons. The Morgan fingerprint density at radius 3 is 2.41 bits per heavy atom. The number of hydrogen-bond donors (Lipinski definition) is 1. The van der Waals surface area contributed by atoms with Crippen molar-refractivity contribution < 1.29 is 5.11 Å². The second kappa shape index (κ2) is 4.69. The van der Waals surface area contributed by atoms with Gasteiger partial charge in [0.1, 0.15) is 5.75 Å². The normalized spacial score (nSPS) is 21.6. The monoisotopic (exact) mass is 233 g/mol. The summed E-state index contributed by atoms with van der Waals surface area (Å²) in [5.41, 5.74) is 1.62. The Hall–Kier alpha value is -1.02. The van der Waals surface area contributed by atoms with E-state index in [2.05, 4.69) is 37.8 Å². The van der Waals surface area contributed by atoms with Crippen LogP contribution in [0.15, 0.2) is 24.3 Å². The van der Waals surface area contributed by atoms with Gasteiger partial charge in [-0.1, -0.05) is 19.1 Å². The predicted octanol–water partition coefficient (Wildman–Crippen LogP) is 3.72. The summed E-state index contributed by atoms with van der Waals surface area (Å²) in [5, 5.41) is 9.37. The first-order valence-corrected chi connectivity index (χ1v) is 6.60. The molecular weight excluding hydrogens is 210 g/mol. The molecule has 1 N–H and O–H groups in total. The summed E-state index contributed by atoms with van der Waals surface area (Å²) in [6, 6.07) is 8.17. The summed E-state index contributed by atoms with van der Waals surface area (Å²) in [5.74, 6) is 0.351. The molecule has 1 saturated heterocycles. The minimum atomic E-state index is 0.304. The van der Waals surface area contributed by atoms with Crippen LogP contribution in [0.1, 0.15) is 51.6 Å². The number of nitrogens with zero attached hydrogens (tertiary/aromatic N) is 1. The van der Waals surface area contributed by atoms with E-state index >= 15 is 0 Å². The highest BCUT2D eigenvalue weighted by Gasteiger charge is 2.36. The van der Waals surface area contributed by atoms with Crippen LogP contribution in [0.4, 0.5) is 0 Å². The molecule has 0 amide bonds. The van der Waals surface area contributed by atoms with Gasteiger partial charge in [0.25, 0.3) is 0 Å². The molecule has 0 aliphatic carbocycles. The summed E-state index contributed by atoms with van der Waals surface area (Å²) >= 11 is 0. The van der Waals surface area contributed by atoms with Gasteiger partial charge in [0.2, 0.25) is 0 Å². The first-order valence-electron chi connectivity index (χ1n) is 6.60. The van der Waals surface area contributed by atoms with Gasteiger partial charge >= 0.3 is 0 Å². The highest BCUT2D eigenvalue weighted by atomic mass is 16.3. The Kier molecular flexibility index (Phi) is 3.43. The lowest BCUT2D eigenvalue weighted by Gasteiger charge is -2.38. The molecule has 1 aromatic rings. The van der Waals surface area contributed by atoms with E-state index in [1.54, 1.807) is 12.1 Å². The van der Waals surface area contributed by atoms with Crippen molar-refractivity contribution in [1.82, 2.24) is 4.90 Å². The maximum atomic E-state index is 9.37. The number of hydrogen-bond acceptors (Lipinski definition) is 2. The van der Waals surface area contributed by atoms with E-state index in [0.29, 0.717) is 17.3 Å². The van der Waals surface area contributed by atoms with Crippen LogP contribution in [0.25, 0.3) is 0 Å². The Bertz CT molecular complexity index is 369. The molecule has 1 fully saturated rings. The summed E-state index contributed by atoms with van der Waals surface area (Å²) in [6.07, 6.45) is 3.69. The molecule has 1 unspecified atom stereocenters. The van der Waals surface area contributed by atoms with Crippen molar-refractivity contribution in [3.63, 3.8) is 0 Å². The van der Waals surface area contributed by atoms with E-state index in [9.17, 15) is 5.11 Å². The molecule has 0 saturated carbocycles. The van der Waals surface area contributed by atoms with Gasteiger partial charge in [0, 0.05) is 11.6 Å². The molecular formula is C15H23NO. The Morgan fingerprint density at radius 2 is 1.94 bits per heavy atom. The molecule has 1 aliphatic rings. The summed E-state index contributed by atoms with van der Waals surface area (Å²) < 4.78 is 0. The smallest absolute Gasteiger partial charge is 0.115 e. The Labute approximate surface area is 104 Å².